The Morgan fingerprint density at radius 1 is 1.50 bits per heavy atom. The molecule has 1 N–H and O–H groups in total. The van der Waals surface area contributed by atoms with Gasteiger partial charge in [-0.05, 0) is 18.5 Å². The molecule has 0 aliphatic carbocycles. The molecule has 0 amide bonds. The maximum Gasteiger partial charge on any atom is 0.113 e. The highest BCUT2D eigenvalue weighted by Gasteiger charge is 1.99. The lowest BCUT2D eigenvalue weighted by Crippen LogP contribution is -2.16. The molecule has 0 saturated carbocycles. The van der Waals surface area contributed by atoms with Crippen LogP contribution in [0.5, 0.6) is 0 Å². The molecule has 0 spiro atoms. The van der Waals surface area contributed by atoms with Crippen molar-refractivity contribution >= 4 is 22.9 Å². The number of aryl methyl sites for hydroxylation is 1. The fourth-order valence-electron chi connectivity index (χ4n) is 1.40. The zero-order valence-corrected chi connectivity index (χ0v) is 10.6. The summed E-state index contributed by atoms with van der Waals surface area (Å²) in [7, 11) is 1.93. The third kappa shape index (κ3) is 3.30. The van der Waals surface area contributed by atoms with Crippen molar-refractivity contribution in [1.82, 2.24) is 20.1 Å². The van der Waals surface area contributed by atoms with Crippen molar-refractivity contribution < 1.29 is 0 Å². The SMILES string of the molecule is Cn1cc(CCNCc2ncc(Cl)s2)cn1. The van der Waals surface area contributed by atoms with Crippen LogP contribution in [0, 0.1) is 0 Å². The Labute approximate surface area is 103 Å². The van der Waals surface area contributed by atoms with Crippen LogP contribution in [0.25, 0.3) is 0 Å². The van der Waals surface area contributed by atoms with Crippen LogP contribution in [0.1, 0.15) is 10.6 Å². The standard InChI is InChI=1S/C10H13ClN4S/c1-15-7-8(4-14-15)2-3-12-6-10-13-5-9(11)16-10/h4-5,7,12H,2-3,6H2,1H3. The fourth-order valence-corrected chi connectivity index (χ4v) is 2.32. The lowest BCUT2D eigenvalue weighted by molar-refractivity contribution is 0.683. The van der Waals surface area contributed by atoms with Crippen molar-refractivity contribution in [1.29, 1.82) is 0 Å². The second kappa shape index (κ2) is 5.43. The molecule has 0 radical (unpaired) electrons. The van der Waals surface area contributed by atoms with Gasteiger partial charge in [-0.25, -0.2) is 4.98 Å². The third-order valence-electron chi connectivity index (χ3n) is 2.15. The van der Waals surface area contributed by atoms with Crippen molar-refractivity contribution in [2.75, 3.05) is 6.54 Å². The Morgan fingerprint density at radius 2 is 2.38 bits per heavy atom. The van der Waals surface area contributed by atoms with E-state index in [9.17, 15) is 0 Å². The first kappa shape index (κ1) is 11.6. The molecule has 2 heterocycles. The van der Waals surface area contributed by atoms with Crippen molar-refractivity contribution in [3.63, 3.8) is 0 Å². The van der Waals surface area contributed by atoms with Gasteiger partial charge in [0.05, 0.1) is 12.4 Å². The second-order valence-corrected chi connectivity index (χ2v) is 5.25. The Bertz CT molecular complexity index is 409. The van der Waals surface area contributed by atoms with E-state index in [0.717, 1.165) is 28.9 Å². The van der Waals surface area contributed by atoms with Crippen LogP contribution in [0.2, 0.25) is 4.34 Å². The largest absolute Gasteiger partial charge is 0.310 e. The van der Waals surface area contributed by atoms with Crippen LogP contribution >= 0.6 is 22.9 Å². The number of rotatable bonds is 5. The topological polar surface area (TPSA) is 42.7 Å². The van der Waals surface area contributed by atoms with Crippen molar-refractivity contribution in [3.05, 3.63) is 33.5 Å². The number of nitrogens with zero attached hydrogens (tertiary/aromatic N) is 3. The minimum Gasteiger partial charge on any atom is -0.310 e. The molecule has 4 nitrogen and oxygen atoms in total. The molecule has 0 aliphatic heterocycles. The normalized spacial score (nSPS) is 10.9. The van der Waals surface area contributed by atoms with Crippen LogP contribution in [0.4, 0.5) is 0 Å². The molecular formula is C10H13ClN4S. The lowest BCUT2D eigenvalue weighted by atomic mass is 10.2. The van der Waals surface area contributed by atoms with Gasteiger partial charge in [0, 0.05) is 19.8 Å². The first-order valence-electron chi connectivity index (χ1n) is 5.02. The minimum atomic E-state index is 0.740. The van der Waals surface area contributed by atoms with Gasteiger partial charge in [-0.3, -0.25) is 4.68 Å². The molecule has 2 rings (SSSR count). The average molecular weight is 257 g/mol. The first-order chi connectivity index (χ1) is 7.74. The Balaban J connectivity index is 1.69. The number of aromatic nitrogens is 3. The second-order valence-electron chi connectivity index (χ2n) is 3.51. The summed E-state index contributed by atoms with van der Waals surface area (Å²) in [4.78, 5) is 4.17. The molecule has 0 atom stereocenters. The summed E-state index contributed by atoms with van der Waals surface area (Å²) in [6, 6.07) is 0. The van der Waals surface area contributed by atoms with Crippen LogP contribution < -0.4 is 5.32 Å². The first-order valence-corrected chi connectivity index (χ1v) is 6.22. The number of hydrogen-bond donors (Lipinski definition) is 1. The molecule has 0 aromatic carbocycles. The maximum atomic E-state index is 5.79. The van der Waals surface area contributed by atoms with Gasteiger partial charge in [0.25, 0.3) is 0 Å². The van der Waals surface area contributed by atoms with Gasteiger partial charge in [0.2, 0.25) is 0 Å². The van der Waals surface area contributed by atoms with Gasteiger partial charge in [0.1, 0.15) is 9.34 Å². The molecule has 6 heteroatoms. The number of halogens is 1. The smallest absolute Gasteiger partial charge is 0.113 e. The fraction of sp³-hybridized carbons (Fsp3) is 0.400. The molecule has 0 unspecified atom stereocenters. The predicted molar refractivity (Wildman–Crippen MR) is 65.7 cm³/mol. The summed E-state index contributed by atoms with van der Waals surface area (Å²) in [6.45, 7) is 1.69. The molecule has 86 valence electrons. The highest BCUT2D eigenvalue weighted by molar-refractivity contribution is 7.15. The summed E-state index contributed by atoms with van der Waals surface area (Å²) in [5.74, 6) is 0. The lowest BCUT2D eigenvalue weighted by Gasteiger charge is -2.00. The van der Waals surface area contributed by atoms with Crippen molar-refractivity contribution in [2.45, 2.75) is 13.0 Å². The Morgan fingerprint density at radius 3 is 3.00 bits per heavy atom. The molecular weight excluding hydrogens is 244 g/mol. The molecule has 0 aliphatic rings. The summed E-state index contributed by atoms with van der Waals surface area (Å²) in [5, 5.41) is 8.47. The molecule has 0 bridgehead atoms. The average Bonchev–Trinajstić information content (AvgIpc) is 2.83. The van der Waals surface area contributed by atoms with Gasteiger partial charge in [0.15, 0.2) is 0 Å². The quantitative estimate of drug-likeness (QED) is 0.831. The highest BCUT2D eigenvalue weighted by Crippen LogP contribution is 2.17. The predicted octanol–water partition coefficient (Wildman–Crippen LogP) is 1.86. The third-order valence-corrected chi connectivity index (χ3v) is 3.27. The number of hydrogen-bond acceptors (Lipinski definition) is 4. The van der Waals surface area contributed by atoms with E-state index in [4.69, 9.17) is 11.6 Å². The minimum absolute atomic E-state index is 0.740. The molecule has 2 aromatic rings. The maximum absolute atomic E-state index is 5.79. The monoisotopic (exact) mass is 256 g/mol. The van der Waals surface area contributed by atoms with E-state index in [1.54, 1.807) is 6.20 Å². The van der Waals surface area contributed by atoms with Crippen LogP contribution in [-0.4, -0.2) is 21.3 Å². The van der Waals surface area contributed by atoms with Crippen LogP contribution in [0.3, 0.4) is 0 Å². The van der Waals surface area contributed by atoms with Crippen LogP contribution in [0.15, 0.2) is 18.6 Å². The van der Waals surface area contributed by atoms with Gasteiger partial charge in [-0.1, -0.05) is 11.6 Å². The molecule has 16 heavy (non-hydrogen) atoms. The Kier molecular flexibility index (Phi) is 3.93. The highest BCUT2D eigenvalue weighted by atomic mass is 35.5. The molecule has 0 fully saturated rings. The van der Waals surface area contributed by atoms with E-state index >= 15 is 0 Å². The van der Waals surface area contributed by atoms with E-state index < -0.39 is 0 Å². The van der Waals surface area contributed by atoms with E-state index in [2.05, 4.69) is 15.4 Å². The zero-order valence-electron chi connectivity index (χ0n) is 8.98. The van der Waals surface area contributed by atoms with Gasteiger partial charge in [-0.2, -0.15) is 5.10 Å². The van der Waals surface area contributed by atoms with Crippen LogP contribution in [-0.2, 0) is 20.0 Å². The van der Waals surface area contributed by atoms with E-state index in [1.807, 2.05) is 24.1 Å². The van der Waals surface area contributed by atoms with Crippen molar-refractivity contribution in [2.24, 2.45) is 7.05 Å². The summed E-state index contributed by atoms with van der Waals surface area (Å²) >= 11 is 7.30. The van der Waals surface area contributed by atoms with Gasteiger partial charge < -0.3 is 5.32 Å². The number of thiazole rings is 1. The summed E-state index contributed by atoms with van der Waals surface area (Å²) in [6.07, 6.45) is 6.58. The molecule has 2 aromatic heterocycles. The van der Waals surface area contributed by atoms with E-state index in [0.29, 0.717) is 0 Å². The summed E-state index contributed by atoms with van der Waals surface area (Å²) in [5.41, 5.74) is 1.24. The van der Waals surface area contributed by atoms with Gasteiger partial charge >= 0.3 is 0 Å². The van der Waals surface area contributed by atoms with E-state index in [-0.39, 0.29) is 0 Å². The number of nitrogens with one attached hydrogen (secondary N) is 1. The zero-order chi connectivity index (χ0) is 11.4. The van der Waals surface area contributed by atoms with E-state index in [1.165, 1.54) is 16.9 Å². The van der Waals surface area contributed by atoms with Crippen molar-refractivity contribution in [3.8, 4) is 0 Å². The molecule has 0 saturated heterocycles. The van der Waals surface area contributed by atoms with Gasteiger partial charge in [-0.15, -0.1) is 11.3 Å². The summed E-state index contributed by atoms with van der Waals surface area (Å²) < 4.78 is 2.56. The Hall–Kier alpha value is -0.910.